The van der Waals surface area contributed by atoms with E-state index in [1.54, 1.807) is 13.2 Å². The molecule has 0 aliphatic heterocycles. The van der Waals surface area contributed by atoms with Gasteiger partial charge in [0.1, 0.15) is 11.6 Å². The Balaban J connectivity index is 3.19. The molecule has 1 atom stereocenters. The Hall–Kier alpha value is -1.09. The summed E-state index contributed by atoms with van der Waals surface area (Å²) in [5, 5.41) is 3.40. The van der Waals surface area contributed by atoms with Crippen LogP contribution < -0.4 is 10.1 Å². The lowest BCUT2D eigenvalue weighted by Gasteiger charge is -2.28. The van der Waals surface area contributed by atoms with Crippen molar-refractivity contribution >= 4 is 0 Å². The number of rotatable bonds is 7. The summed E-state index contributed by atoms with van der Waals surface area (Å²) in [6.07, 6.45) is 2.04. The highest BCUT2D eigenvalue weighted by Gasteiger charge is 2.25. The molecule has 0 saturated heterocycles. The fourth-order valence-electron chi connectivity index (χ4n) is 2.48. The smallest absolute Gasteiger partial charge is 0.131 e. The maximum Gasteiger partial charge on any atom is 0.131 e. The van der Waals surface area contributed by atoms with Gasteiger partial charge in [-0.25, -0.2) is 4.39 Å². The summed E-state index contributed by atoms with van der Waals surface area (Å²) >= 11 is 0. The van der Waals surface area contributed by atoms with Crippen LogP contribution in [0.1, 0.15) is 45.2 Å². The number of hydrogen-bond donors (Lipinski definition) is 1. The lowest BCUT2D eigenvalue weighted by molar-refractivity contribution is 0.320. The molecular weight excluding hydrogens is 229 g/mol. The van der Waals surface area contributed by atoms with Crippen molar-refractivity contribution < 1.29 is 9.13 Å². The molecular formula is C15H24FNO. The summed E-state index contributed by atoms with van der Waals surface area (Å²) in [4.78, 5) is 0. The van der Waals surface area contributed by atoms with Crippen molar-refractivity contribution in [2.24, 2.45) is 5.92 Å². The number of halogens is 1. The third-order valence-corrected chi connectivity index (χ3v) is 3.49. The largest absolute Gasteiger partial charge is 0.496 e. The van der Waals surface area contributed by atoms with E-state index in [0.717, 1.165) is 19.4 Å². The summed E-state index contributed by atoms with van der Waals surface area (Å²) in [5.41, 5.74) is 0.663. The van der Waals surface area contributed by atoms with Gasteiger partial charge in [-0.3, -0.25) is 0 Å². The molecule has 0 aromatic heterocycles. The zero-order valence-electron chi connectivity index (χ0n) is 11.8. The predicted octanol–water partition coefficient (Wildman–Crippen LogP) is 3.92. The van der Waals surface area contributed by atoms with Gasteiger partial charge in [0.2, 0.25) is 0 Å². The van der Waals surface area contributed by atoms with E-state index < -0.39 is 0 Å². The van der Waals surface area contributed by atoms with Crippen LogP contribution >= 0.6 is 0 Å². The molecule has 1 N–H and O–H groups in total. The van der Waals surface area contributed by atoms with Crippen molar-refractivity contribution in [3.8, 4) is 5.75 Å². The van der Waals surface area contributed by atoms with Crippen LogP contribution in [0.3, 0.4) is 0 Å². The SMILES string of the molecule is CCNC(c1c(F)cccc1OC)C(CC)CC. The first-order valence-electron chi connectivity index (χ1n) is 6.75. The Morgan fingerprint density at radius 1 is 1.22 bits per heavy atom. The molecule has 3 heteroatoms. The fraction of sp³-hybridized carbons (Fsp3) is 0.600. The van der Waals surface area contributed by atoms with Crippen molar-refractivity contribution in [3.63, 3.8) is 0 Å². The third kappa shape index (κ3) is 3.22. The lowest BCUT2D eigenvalue weighted by atomic mass is 9.88. The molecule has 0 bridgehead atoms. The van der Waals surface area contributed by atoms with E-state index in [4.69, 9.17) is 4.74 Å². The Morgan fingerprint density at radius 2 is 1.89 bits per heavy atom. The van der Waals surface area contributed by atoms with E-state index in [1.807, 2.05) is 13.0 Å². The topological polar surface area (TPSA) is 21.3 Å². The van der Waals surface area contributed by atoms with Gasteiger partial charge < -0.3 is 10.1 Å². The van der Waals surface area contributed by atoms with Crippen molar-refractivity contribution in [1.82, 2.24) is 5.32 Å². The van der Waals surface area contributed by atoms with Crippen LogP contribution in [0.5, 0.6) is 5.75 Å². The molecule has 0 aliphatic rings. The minimum atomic E-state index is -0.188. The van der Waals surface area contributed by atoms with E-state index in [1.165, 1.54) is 6.07 Å². The van der Waals surface area contributed by atoms with E-state index in [9.17, 15) is 4.39 Å². The monoisotopic (exact) mass is 253 g/mol. The van der Waals surface area contributed by atoms with Gasteiger partial charge in [-0.1, -0.05) is 39.7 Å². The molecule has 102 valence electrons. The van der Waals surface area contributed by atoms with Crippen LogP contribution in [0.2, 0.25) is 0 Å². The van der Waals surface area contributed by atoms with Gasteiger partial charge in [0.05, 0.1) is 7.11 Å². The fourth-order valence-corrected chi connectivity index (χ4v) is 2.48. The van der Waals surface area contributed by atoms with Gasteiger partial charge >= 0.3 is 0 Å². The van der Waals surface area contributed by atoms with E-state index in [0.29, 0.717) is 17.2 Å². The van der Waals surface area contributed by atoms with Gasteiger partial charge in [0, 0.05) is 11.6 Å². The Morgan fingerprint density at radius 3 is 2.39 bits per heavy atom. The highest BCUT2D eigenvalue weighted by atomic mass is 19.1. The summed E-state index contributed by atoms with van der Waals surface area (Å²) < 4.78 is 19.4. The van der Waals surface area contributed by atoms with E-state index in [-0.39, 0.29) is 11.9 Å². The maximum atomic E-state index is 14.1. The molecule has 0 heterocycles. The molecule has 18 heavy (non-hydrogen) atoms. The summed E-state index contributed by atoms with van der Waals surface area (Å²) in [6, 6.07) is 5.03. The third-order valence-electron chi connectivity index (χ3n) is 3.49. The van der Waals surface area contributed by atoms with Crippen molar-refractivity contribution in [2.45, 2.75) is 39.7 Å². The van der Waals surface area contributed by atoms with Crippen LogP contribution in [0.15, 0.2) is 18.2 Å². The minimum absolute atomic E-state index is 0.0150. The van der Waals surface area contributed by atoms with Gasteiger partial charge in [-0.15, -0.1) is 0 Å². The number of ether oxygens (including phenoxy) is 1. The van der Waals surface area contributed by atoms with Crippen molar-refractivity contribution in [2.75, 3.05) is 13.7 Å². The summed E-state index contributed by atoms with van der Waals surface area (Å²) in [5.74, 6) is 0.857. The number of nitrogens with one attached hydrogen (secondary N) is 1. The molecule has 1 rings (SSSR count). The van der Waals surface area contributed by atoms with Crippen LogP contribution in [0, 0.1) is 11.7 Å². The molecule has 0 amide bonds. The van der Waals surface area contributed by atoms with Crippen molar-refractivity contribution in [3.05, 3.63) is 29.6 Å². The first-order chi connectivity index (χ1) is 8.69. The molecule has 1 aromatic carbocycles. The lowest BCUT2D eigenvalue weighted by Crippen LogP contribution is -2.29. The first-order valence-corrected chi connectivity index (χ1v) is 6.75. The van der Waals surface area contributed by atoms with Crippen LogP contribution in [-0.2, 0) is 0 Å². The molecule has 2 nitrogen and oxygen atoms in total. The van der Waals surface area contributed by atoms with Gasteiger partial charge in [-0.2, -0.15) is 0 Å². The molecule has 0 fully saturated rings. The zero-order chi connectivity index (χ0) is 13.5. The zero-order valence-corrected chi connectivity index (χ0v) is 11.8. The highest BCUT2D eigenvalue weighted by Crippen LogP contribution is 2.35. The van der Waals surface area contributed by atoms with Crippen LogP contribution in [0.4, 0.5) is 4.39 Å². The number of benzene rings is 1. The number of hydrogen-bond acceptors (Lipinski definition) is 2. The second-order valence-electron chi connectivity index (χ2n) is 4.47. The normalized spacial score (nSPS) is 12.8. The van der Waals surface area contributed by atoms with Gasteiger partial charge in [0.25, 0.3) is 0 Å². The Labute approximate surface area is 110 Å². The first kappa shape index (κ1) is 15.0. The minimum Gasteiger partial charge on any atom is -0.496 e. The number of methoxy groups -OCH3 is 1. The molecule has 0 spiro atoms. The average Bonchev–Trinajstić information content (AvgIpc) is 2.39. The average molecular weight is 253 g/mol. The van der Waals surface area contributed by atoms with Gasteiger partial charge in [0.15, 0.2) is 0 Å². The van der Waals surface area contributed by atoms with Gasteiger partial charge in [-0.05, 0) is 24.6 Å². The second kappa shape index (κ2) is 7.37. The predicted molar refractivity (Wildman–Crippen MR) is 73.4 cm³/mol. The molecule has 1 unspecified atom stereocenters. The van der Waals surface area contributed by atoms with E-state index in [2.05, 4.69) is 19.2 Å². The molecule has 1 aromatic rings. The Bertz CT molecular complexity index is 364. The van der Waals surface area contributed by atoms with E-state index >= 15 is 0 Å². The standard InChI is InChI=1S/C15H24FNO/c1-5-11(6-2)15(17-7-3)14-12(16)9-8-10-13(14)18-4/h8-11,15,17H,5-7H2,1-4H3. The van der Waals surface area contributed by atoms with Crippen LogP contribution in [0.25, 0.3) is 0 Å². The van der Waals surface area contributed by atoms with Crippen LogP contribution in [-0.4, -0.2) is 13.7 Å². The summed E-state index contributed by atoms with van der Waals surface area (Å²) in [6.45, 7) is 7.15. The maximum absolute atomic E-state index is 14.1. The Kier molecular flexibility index (Phi) is 6.13. The quantitative estimate of drug-likeness (QED) is 0.795. The second-order valence-corrected chi connectivity index (χ2v) is 4.47. The molecule has 0 aliphatic carbocycles. The molecule has 0 radical (unpaired) electrons. The van der Waals surface area contributed by atoms with Crippen molar-refractivity contribution in [1.29, 1.82) is 0 Å². The summed E-state index contributed by atoms with van der Waals surface area (Å²) in [7, 11) is 1.59. The highest BCUT2D eigenvalue weighted by molar-refractivity contribution is 5.37. The molecule has 0 saturated carbocycles.